The fourth-order valence-electron chi connectivity index (χ4n) is 3.35. The molecule has 0 aromatic heterocycles. The second kappa shape index (κ2) is 11.6. The van der Waals surface area contributed by atoms with Gasteiger partial charge in [0, 0.05) is 39.2 Å². The summed E-state index contributed by atoms with van der Waals surface area (Å²) in [7, 11) is 0. The Labute approximate surface area is 190 Å². The average Bonchev–Trinajstić information content (AvgIpc) is 2.78. The Morgan fingerprint density at radius 2 is 1.19 bits per heavy atom. The van der Waals surface area contributed by atoms with Crippen LogP contribution in [-0.4, -0.2) is 62.1 Å². The molecule has 0 radical (unpaired) electrons. The van der Waals surface area contributed by atoms with Crippen molar-refractivity contribution in [3.05, 3.63) is 46.9 Å². The van der Waals surface area contributed by atoms with Crippen LogP contribution in [0.2, 0.25) is 0 Å². The minimum Gasteiger partial charge on any atom is -0.489 e. The van der Waals surface area contributed by atoms with Crippen LogP contribution in [-0.2, 0) is 9.47 Å². The van der Waals surface area contributed by atoms with Crippen LogP contribution in [0.4, 0.5) is 0 Å². The van der Waals surface area contributed by atoms with Crippen molar-refractivity contribution in [2.45, 2.75) is 26.1 Å². The van der Waals surface area contributed by atoms with E-state index < -0.39 is 12.2 Å². The molecule has 0 bridgehead atoms. The third-order valence-electron chi connectivity index (χ3n) is 4.76. The van der Waals surface area contributed by atoms with Gasteiger partial charge in [0.05, 0.1) is 13.2 Å². The molecule has 168 valence electrons. The summed E-state index contributed by atoms with van der Waals surface area (Å²) in [6.45, 7) is 5.51. The number of hydrogen-bond donors (Lipinski definition) is 2. The number of halogens is 1. The van der Waals surface area contributed by atoms with Crippen molar-refractivity contribution in [2.24, 2.45) is 0 Å². The quantitative estimate of drug-likeness (QED) is 0.367. The molecule has 2 atom stereocenters. The first kappa shape index (κ1) is 23.8. The lowest BCUT2D eigenvalue weighted by Crippen LogP contribution is -2.24. The maximum Gasteiger partial charge on any atom is 0.135 e. The molecule has 3 aromatic carbocycles. The minimum absolute atomic E-state index is 0.110. The maximum absolute atomic E-state index is 10.2. The Morgan fingerprint density at radius 3 is 1.71 bits per heavy atom. The molecule has 31 heavy (non-hydrogen) atoms. The fourth-order valence-corrected chi connectivity index (χ4v) is 3.71. The molecule has 0 saturated heterocycles. The van der Waals surface area contributed by atoms with Crippen molar-refractivity contribution in [1.29, 1.82) is 0 Å². The largest absolute Gasteiger partial charge is 0.489 e. The highest BCUT2D eigenvalue weighted by Crippen LogP contribution is 2.43. The van der Waals surface area contributed by atoms with Crippen LogP contribution in [0.25, 0.3) is 21.5 Å². The zero-order valence-corrected chi connectivity index (χ0v) is 19.4. The number of fused-ring (bicyclic) bond motifs is 2. The van der Waals surface area contributed by atoms with E-state index >= 15 is 0 Å². The Balaban J connectivity index is 2.01. The van der Waals surface area contributed by atoms with Gasteiger partial charge in [0.15, 0.2) is 0 Å². The molecule has 2 N–H and O–H groups in total. The van der Waals surface area contributed by atoms with Gasteiger partial charge in [0.25, 0.3) is 0 Å². The highest BCUT2D eigenvalue weighted by atomic mass is 79.9. The second-order valence-electron chi connectivity index (χ2n) is 7.14. The van der Waals surface area contributed by atoms with Gasteiger partial charge in [-0.3, -0.25) is 0 Å². The van der Waals surface area contributed by atoms with Gasteiger partial charge in [-0.05, 0) is 32.0 Å². The number of aliphatic hydroxyl groups excluding tert-OH is 2. The summed E-state index contributed by atoms with van der Waals surface area (Å²) in [5, 5.41) is 23.8. The molecule has 0 amide bonds. The zero-order chi connectivity index (χ0) is 22.2. The topological polar surface area (TPSA) is 77.4 Å². The predicted octanol–water partition coefficient (Wildman–Crippen LogP) is 4.31. The first-order chi connectivity index (χ1) is 15.0. The summed E-state index contributed by atoms with van der Waals surface area (Å²) in [6, 6.07) is 13.7. The van der Waals surface area contributed by atoms with Crippen LogP contribution in [0.5, 0.6) is 11.5 Å². The Bertz CT molecular complexity index is 993. The van der Waals surface area contributed by atoms with Crippen LogP contribution in [0.15, 0.2) is 46.9 Å². The molecule has 2 unspecified atom stereocenters. The lowest BCUT2D eigenvalue weighted by molar-refractivity contribution is 0.0166. The molecule has 0 aliphatic heterocycles. The number of hydrogen-bond acceptors (Lipinski definition) is 6. The van der Waals surface area contributed by atoms with Gasteiger partial charge in [-0.25, -0.2) is 0 Å². The standard InChI is InChI=1S/C24H29BrO6/c1-3-28-12-17(26)14-30-23-19-7-5-6-8-20(19)24(31-15-18(27)13-29-4-2)22-11-16(25)9-10-21(22)23/h5-11,17-18,26-27H,3-4,12-15H2,1-2H3. The molecular formula is C24H29BrO6. The predicted molar refractivity (Wildman–Crippen MR) is 125 cm³/mol. The average molecular weight is 493 g/mol. The van der Waals surface area contributed by atoms with Gasteiger partial charge < -0.3 is 29.2 Å². The monoisotopic (exact) mass is 492 g/mol. The summed E-state index contributed by atoms with van der Waals surface area (Å²) in [4.78, 5) is 0. The fraction of sp³-hybridized carbons (Fsp3) is 0.417. The number of rotatable bonds is 12. The van der Waals surface area contributed by atoms with E-state index in [9.17, 15) is 10.2 Å². The van der Waals surface area contributed by atoms with E-state index in [1.165, 1.54) is 0 Å². The van der Waals surface area contributed by atoms with E-state index in [0.29, 0.717) is 24.7 Å². The molecule has 3 aromatic rings. The number of ether oxygens (including phenoxy) is 4. The van der Waals surface area contributed by atoms with Gasteiger partial charge in [-0.2, -0.15) is 0 Å². The molecule has 0 saturated carbocycles. The lowest BCUT2D eigenvalue weighted by Gasteiger charge is -2.20. The van der Waals surface area contributed by atoms with E-state index in [-0.39, 0.29) is 26.4 Å². The summed E-state index contributed by atoms with van der Waals surface area (Å²) < 4.78 is 23.7. The smallest absolute Gasteiger partial charge is 0.135 e. The van der Waals surface area contributed by atoms with Crippen molar-refractivity contribution in [1.82, 2.24) is 0 Å². The maximum atomic E-state index is 10.2. The van der Waals surface area contributed by atoms with Crippen LogP contribution in [0, 0.1) is 0 Å². The first-order valence-electron chi connectivity index (χ1n) is 10.5. The highest BCUT2D eigenvalue weighted by molar-refractivity contribution is 9.10. The molecule has 0 heterocycles. The van der Waals surface area contributed by atoms with Gasteiger partial charge in [0.1, 0.15) is 36.9 Å². The van der Waals surface area contributed by atoms with E-state index in [4.69, 9.17) is 18.9 Å². The van der Waals surface area contributed by atoms with Crippen molar-refractivity contribution < 1.29 is 29.2 Å². The van der Waals surface area contributed by atoms with Crippen molar-refractivity contribution >= 4 is 37.5 Å². The summed E-state index contributed by atoms with van der Waals surface area (Å²) in [6.07, 6.45) is -1.46. The lowest BCUT2D eigenvalue weighted by atomic mass is 10.0. The first-order valence-corrected chi connectivity index (χ1v) is 11.3. The van der Waals surface area contributed by atoms with Crippen LogP contribution in [0.3, 0.4) is 0 Å². The normalized spacial score (nSPS) is 13.5. The van der Waals surface area contributed by atoms with E-state index in [2.05, 4.69) is 15.9 Å². The SMILES string of the molecule is CCOCC(O)COc1c2ccccc2c(OCC(O)COCC)c2cc(Br)ccc12. The van der Waals surface area contributed by atoms with E-state index in [1.54, 1.807) is 0 Å². The second-order valence-corrected chi connectivity index (χ2v) is 8.06. The molecule has 0 spiro atoms. The zero-order valence-electron chi connectivity index (χ0n) is 17.8. The summed E-state index contributed by atoms with van der Waals surface area (Å²) >= 11 is 3.54. The third-order valence-corrected chi connectivity index (χ3v) is 5.25. The Hall–Kier alpha value is -1.90. The Kier molecular flexibility index (Phi) is 8.92. The molecule has 0 fully saturated rings. The number of aliphatic hydroxyl groups is 2. The van der Waals surface area contributed by atoms with Crippen LogP contribution < -0.4 is 9.47 Å². The van der Waals surface area contributed by atoms with Crippen LogP contribution in [0.1, 0.15) is 13.8 Å². The van der Waals surface area contributed by atoms with Gasteiger partial charge in [0.2, 0.25) is 0 Å². The molecule has 6 nitrogen and oxygen atoms in total. The highest BCUT2D eigenvalue weighted by Gasteiger charge is 2.18. The molecule has 0 aliphatic rings. The van der Waals surface area contributed by atoms with Crippen molar-refractivity contribution in [2.75, 3.05) is 39.6 Å². The van der Waals surface area contributed by atoms with Gasteiger partial charge in [-0.15, -0.1) is 0 Å². The number of benzene rings is 3. The van der Waals surface area contributed by atoms with E-state index in [0.717, 1.165) is 26.0 Å². The minimum atomic E-state index is -0.731. The van der Waals surface area contributed by atoms with Gasteiger partial charge >= 0.3 is 0 Å². The van der Waals surface area contributed by atoms with Crippen LogP contribution >= 0.6 is 15.9 Å². The molecule has 0 aliphatic carbocycles. The molecular weight excluding hydrogens is 464 g/mol. The van der Waals surface area contributed by atoms with Crippen molar-refractivity contribution in [3.8, 4) is 11.5 Å². The summed E-state index contributed by atoms with van der Waals surface area (Å²) in [5.41, 5.74) is 0. The van der Waals surface area contributed by atoms with E-state index in [1.807, 2.05) is 56.3 Å². The van der Waals surface area contributed by atoms with Crippen molar-refractivity contribution in [3.63, 3.8) is 0 Å². The summed E-state index contributed by atoms with van der Waals surface area (Å²) in [5.74, 6) is 1.35. The molecule has 3 rings (SSSR count). The molecule has 7 heteroatoms. The Morgan fingerprint density at radius 1 is 0.710 bits per heavy atom. The van der Waals surface area contributed by atoms with Gasteiger partial charge in [-0.1, -0.05) is 40.2 Å². The third kappa shape index (κ3) is 6.08.